The summed E-state index contributed by atoms with van der Waals surface area (Å²) in [6, 6.07) is 5.95. The lowest BCUT2D eigenvalue weighted by Gasteiger charge is -2.24. The largest absolute Gasteiger partial charge is 0.463 e. The molecule has 1 unspecified atom stereocenters. The molecule has 10 nitrogen and oxygen atoms in total. The molecule has 170 valence electrons. The summed E-state index contributed by atoms with van der Waals surface area (Å²) in [4.78, 5) is 28.2. The Morgan fingerprint density at radius 3 is 2.65 bits per heavy atom. The molecule has 1 atom stereocenters. The third kappa shape index (κ3) is 8.42. The molecule has 1 aromatic heterocycles. The molecule has 0 aliphatic rings. The van der Waals surface area contributed by atoms with Gasteiger partial charge in [-0.1, -0.05) is 25.4 Å². The fourth-order valence-electron chi connectivity index (χ4n) is 2.95. The first kappa shape index (κ1) is 24.4. The normalized spacial score (nSPS) is 12.1. The van der Waals surface area contributed by atoms with E-state index < -0.39 is 11.0 Å². The summed E-state index contributed by atoms with van der Waals surface area (Å²) in [7, 11) is 0. The molecular formula is C21H30N4O6. The van der Waals surface area contributed by atoms with Crippen molar-refractivity contribution in [2.24, 2.45) is 0 Å². The van der Waals surface area contributed by atoms with Crippen LogP contribution >= 0.6 is 0 Å². The summed E-state index contributed by atoms with van der Waals surface area (Å²) >= 11 is 0. The van der Waals surface area contributed by atoms with Crippen LogP contribution in [0.4, 0.5) is 5.69 Å². The fourth-order valence-corrected chi connectivity index (χ4v) is 2.95. The minimum atomic E-state index is -0.768. The van der Waals surface area contributed by atoms with E-state index in [1.807, 2.05) is 6.92 Å². The SMILES string of the molecule is CCCCN(CCc1nc(-c2ccc([N+](=O)[O-])cc2)no1)CC(O)COC(=O)CCC. The quantitative estimate of drug-likeness (QED) is 0.271. The number of carbonyl (C=O) groups is 1. The van der Waals surface area contributed by atoms with Crippen LogP contribution in [0.3, 0.4) is 0 Å². The molecule has 0 fully saturated rings. The van der Waals surface area contributed by atoms with Gasteiger partial charge < -0.3 is 19.3 Å². The molecule has 10 heteroatoms. The number of aromatic nitrogens is 2. The van der Waals surface area contributed by atoms with Gasteiger partial charge in [-0.25, -0.2) is 0 Å². The van der Waals surface area contributed by atoms with E-state index in [1.165, 1.54) is 12.1 Å². The van der Waals surface area contributed by atoms with Crippen molar-refractivity contribution in [1.82, 2.24) is 15.0 Å². The van der Waals surface area contributed by atoms with Crippen LogP contribution in [0.15, 0.2) is 28.8 Å². The second-order valence-electron chi connectivity index (χ2n) is 7.31. The van der Waals surface area contributed by atoms with Crippen molar-refractivity contribution in [2.45, 2.75) is 52.1 Å². The first-order valence-electron chi connectivity index (χ1n) is 10.6. The van der Waals surface area contributed by atoms with Crippen molar-refractivity contribution in [3.8, 4) is 11.4 Å². The zero-order valence-corrected chi connectivity index (χ0v) is 18.0. The topological polar surface area (TPSA) is 132 Å². The Balaban J connectivity index is 1.89. The van der Waals surface area contributed by atoms with Crippen molar-refractivity contribution in [3.05, 3.63) is 40.3 Å². The third-order valence-electron chi connectivity index (χ3n) is 4.63. The summed E-state index contributed by atoms with van der Waals surface area (Å²) in [5, 5.41) is 24.9. The maximum absolute atomic E-state index is 11.5. The highest BCUT2D eigenvalue weighted by Crippen LogP contribution is 2.20. The Hall–Kier alpha value is -2.85. The van der Waals surface area contributed by atoms with E-state index in [2.05, 4.69) is 22.0 Å². The highest BCUT2D eigenvalue weighted by molar-refractivity contribution is 5.69. The number of aliphatic hydroxyl groups is 1. The van der Waals surface area contributed by atoms with E-state index in [1.54, 1.807) is 12.1 Å². The Morgan fingerprint density at radius 1 is 1.26 bits per heavy atom. The highest BCUT2D eigenvalue weighted by atomic mass is 16.6. The number of ether oxygens (including phenoxy) is 1. The van der Waals surface area contributed by atoms with Crippen LogP contribution in [0.2, 0.25) is 0 Å². The van der Waals surface area contributed by atoms with Crippen LogP contribution in [0, 0.1) is 10.1 Å². The van der Waals surface area contributed by atoms with Crippen LogP contribution in [-0.4, -0.2) is 63.4 Å². The predicted molar refractivity (Wildman–Crippen MR) is 113 cm³/mol. The van der Waals surface area contributed by atoms with Gasteiger partial charge in [0, 0.05) is 43.6 Å². The number of carbonyl (C=O) groups excluding carboxylic acids is 1. The Kier molecular flexibility index (Phi) is 10.0. The number of hydrogen-bond donors (Lipinski definition) is 1. The summed E-state index contributed by atoms with van der Waals surface area (Å²) in [6.45, 7) is 5.74. The number of esters is 1. The van der Waals surface area contributed by atoms with E-state index in [4.69, 9.17) is 9.26 Å². The lowest BCUT2D eigenvalue weighted by Crippen LogP contribution is -2.37. The van der Waals surface area contributed by atoms with Gasteiger partial charge in [0.25, 0.3) is 5.69 Å². The number of nitro groups is 1. The van der Waals surface area contributed by atoms with E-state index in [0.717, 1.165) is 19.4 Å². The first-order chi connectivity index (χ1) is 14.9. The summed E-state index contributed by atoms with van der Waals surface area (Å²) in [5.41, 5.74) is 0.630. The molecule has 0 saturated carbocycles. The molecule has 0 radical (unpaired) electrons. The monoisotopic (exact) mass is 434 g/mol. The van der Waals surface area contributed by atoms with Gasteiger partial charge in [-0.15, -0.1) is 0 Å². The smallest absolute Gasteiger partial charge is 0.305 e. The van der Waals surface area contributed by atoms with Crippen molar-refractivity contribution < 1.29 is 24.1 Å². The fraction of sp³-hybridized carbons (Fsp3) is 0.571. The van der Waals surface area contributed by atoms with Gasteiger partial charge in [0.15, 0.2) is 0 Å². The standard InChI is InChI=1S/C21H30N4O6/c1-3-5-12-24(14-18(26)15-30-20(27)6-4-2)13-11-19-22-21(23-31-19)16-7-9-17(10-8-16)25(28)29/h7-10,18,26H,3-6,11-15H2,1-2H3. The van der Waals surface area contributed by atoms with Crippen molar-refractivity contribution in [3.63, 3.8) is 0 Å². The van der Waals surface area contributed by atoms with Gasteiger partial charge in [0.1, 0.15) is 12.7 Å². The number of benzene rings is 1. The summed E-state index contributed by atoms with van der Waals surface area (Å²) in [6.07, 6.45) is 2.77. The Labute approximate surface area is 181 Å². The average Bonchev–Trinajstić information content (AvgIpc) is 3.23. The Morgan fingerprint density at radius 2 is 2.00 bits per heavy atom. The van der Waals surface area contributed by atoms with Gasteiger partial charge in [0.2, 0.25) is 11.7 Å². The highest BCUT2D eigenvalue weighted by Gasteiger charge is 2.16. The van der Waals surface area contributed by atoms with Crippen LogP contribution in [0.1, 0.15) is 45.4 Å². The third-order valence-corrected chi connectivity index (χ3v) is 4.63. The second-order valence-corrected chi connectivity index (χ2v) is 7.31. The maximum Gasteiger partial charge on any atom is 0.305 e. The van der Waals surface area contributed by atoms with Gasteiger partial charge >= 0.3 is 5.97 Å². The zero-order valence-electron chi connectivity index (χ0n) is 18.0. The Bertz CT molecular complexity index is 824. The van der Waals surface area contributed by atoms with Gasteiger partial charge in [-0.3, -0.25) is 14.9 Å². The lowest BCUT2D eigenvalue weighted by molar-refractivity contribution is -0.384. The molecular weight excluding hydrogens is 404 g/mol. The van der Waals surface area contributed by atoms with Crippen molar-refractivity contribution in [1.29, 1.82) is 0 Å². The molecule has 1 aromatic carbocycles. The van der Waals surface area contributed by atoms with Crippen LogP contribution < -0.4 is 0 Å². The number of unbranched alkanes of at least 4 members (excludes halogenated alkanes) is 1. The van der Waals surface area contributed by atoms with E-state index in [9.17, 15) is 20.0 Å². The number of non-ortho nitro benzene ring substituents is 1. The number of nitro benzene ring substituents is 1. The molecule has 2 aromatic rings. The molecule has 31 heavy (non-hydrogen) atoms. The predicted octanol–water partition coefficient (Wildman–Crippen LogP) is 2.99. The molecule has 0 spiro atoms. The molecule has 0 aliphatic carbocycles. The molecule has 0 saturated heterocycles. The van der Waals surface area contributed by atoms with Gasteiger partial charge in [-0.05, 0) is 31.5 Å². The van der Waals surface area contributed by atoms with Crippen molar-refractivity contribution >= 4 is 11.7 Å². The number of hydrogen-bond acceptors (Lipinski definition) is 9. The zero-order chi connectivity index (χ0) is 22.6. The number of rotatable bonds is 14. The second kappa shape index (κ2) is 12.8. The van der Waals surface area contributed by atoms with Gasteiger partial charge in [-0.2, -0.15) is 4.98 Å². The van der Waals surface area contributed by atoms with Gasteiger partial charge in [0.05, 0.1) is 4.92 Å². The van der Waals surface area contributed by atoms with Crippen LogP contribution in [-0.2, 0) is 16.0 Å². The number of aliphatic hydroxyl groups excluding tert-OH is 1. The summed E-state index contributed by atoms with van der Waals surface area (Å²) in [5.74, 6) is 0.512. The number of nitrogens with zero attached hydrogens (tertiary/aromatic N) is 4. The molecule has 1 heterocycles. The molecule has 0 aliphatic heterocycles. The van der Waals surface area contributed by atoms with E-state index in [0.29, 0.717) is 49.6 Å². The first-order valence-corrected chi connectivity index (χ1v) is 10.6. The van der Waals surface area contributed by atoms with E-state index >= 15 is 0 Å². The van der Waals surface area contributed by atoms with Crippen LogP contribution in [0.5, 0.6) is 0 Å². The molecule has 2 rings (SSSR count). The molecule has 0 amide bonds. The van der Waals surface area contributed by atoms with Crippen molar-refractivity contribution in [2.75, 3.05) is 26.2 Å². The summed E-state index contributed by atoms with van der Waals surface area (Å²) < 4.78 is 10.4. The van der Waals surface area contributed by atoms with E-state index in [-0.39, 0.29) is 18.3 Å². The lowest BCUT2D eigenvalue weighted by atomic mass is 10.2. The minimum Gasteiger partial charge on any atom is -0.463 e. The minimum absolute atomic E-state index is 0.00188. The average molecular weight is 434 g/mol. The molecule has 1 N–H and O–H groups in total. The van der Waals surface area contributed by atoms with Crippen LogP contribution in [0.25, 0.3) is 11.4 Å². The maximum atomic E-state index is 11.5. The molecule has 0 bridgehead atoms.